The molecule has 2 heterocycles. The van der Waals surface area contributed by atoms with Crippen LogP contribution in [0.2, 0.25) is 0 Å². The zero-order valence-corrected chi connectivity index (χ0v) is 21.4. The van der Waals surface area contributed by atoms with Crippen LogP contribution in [0, 0.1) is 13.8 Å². The summed E-state index contributed by atoms with van der Waals surface area (Å²) in [5.74, 6) is 2.54. The predicted octanol–water partition coefficient (Wildman–Crippen LogP) is 6.37. The summed E-state index contributed by atoms with van der Waals surface area (Å²) in [6.07, 6.45) is 2.43. The molecular weight excluding hydrogens is 462 g/mol. The van der Waals surface area contributed by atoms with Crippen molar-refractivity contribution in [3.05, 3.63) is 52.8 Å². The molecule has 1 saturated carbocycles. The van der Waals surface area contributed by atoms with Gasteiger partial charge >= 0.3 is 0 Å². The Bertz CT molecular complexity index is 1250. The topological polar surface area (TPSA) is 59.5 Å². The first-order valence-corrected chi connectivity index (χ1v) is 12.7. The molecule has 1 aliphatic carbocycles. The van der Waals surface area contributed by atoms with Crippen molar-refractivity contribution in [3.8, 4) is 11.5 Å². The summed E-state index contributed by atoms with van der Waals surface area (Å²) < 4.78 is 38.9. The highest BCUT2D eigenvalue weighted by Crippen LogP contribution is 2.38. The van der Waals surface area contributed by atoms with Crippen molar-refractivity contribution in [1.82, 2.24) is 14.9 Å². The predicted molar refractivity (Wildman–Crippen MR) is 137 cm³/mol. The van der Waals surface area contributed by atoms with Crippen molar-refractivity contribution in [2.75, 3.05) is 25.6 Å². The Morgan fingerprint density at radius 2 is 1.86 bits per heavy atom. The van der Waals surface area contributed by atoms with Gasteiger partial charge in [0.25, 0.3) is 6.43 Å². The van der Waals surface area contributed by atoms with Gasteiger partial charge in [-0.05, 0) is 70.2 Å². The summed E-state index contributed by atoms with van der Waals surface area (Å²) in [5.41, 5.74) is 2.19. The summed E-state index contributed by atoms with van der Waals surface area (Å²) in [7, 11) is 1.63. The van der Waals surface area contributed by atoms with E-state index in [4.69, 9.17) is 9.47 Å². The first kappa shape index (κ1) is 24.7. The van der Waals surface area contributed by atoms with Crippen molar-refractivity contribution >= 4 is 16.7 Å². The maximum absolute atomic E-state index is 13.5. The number of rotatable bonds is 9. The summed E-state index contributed by atoms with van der Waals surface area (Å²) in [6, 6.07) is 9.75. The van der Waals surface area contributed by atoms with E-state index in [1.165, 1.54) is 25.3 Å². The molecule has 2 fully saturated rings. The van der Waals surface area contributed by atoms with Crippen molar-refractivity contribution in [3.63, 3.8) is 0 Å². The molecule has 3 aromatic rings. The number of aromatic nitrogens is 2. The number of nitrogens with zero attached hydrogens (tertiary/aromatic N) is 3. The number of benzene rings is 2. The van der Waals surface area contributed by atoms with E-state index >= 15 is 0 Å². The molecule has 2 aromatic carbocycles. The molecule has 8 heteroatoms. The van der Waals surface area contributed by atoms with Gasteiger partial charge in [-0.15, -0.1) is 0 Å². The minimum Gasteiger partial charge on any atom is -0.493 e. The lowest BCUT2D eigenvalue weighted by molar-refractivity contribution is 0.150. The van der Waals surface area contributed by atoms with E-state index in [1.807, 2.05) is 32.0 Å². The van der Waals surface area contributed by atoms with E-state index in [0.29, 0.717) is 41.4 Å². The maximum atomic E-state index is 13.5. The Balaban J connectivity index is 1.44. The Hall–Kier alpha value is -3.00. The monoisotopic (exact) mass is 496 g/mol. The number of methoxy groups -OCH3 is 1. The number of halogens is 2. The second-order valence-electron chi connectivity index (χ2n) is 9.94. The molecule has 1 N–H and O–H groups in total. The van der Waals surface area contributed by atoms with Crippen LogP contribution in [-0.2, 0) is 0 Å². The standard InChI is InChI=1S/C28H34F2N4O2/c1-16-21(8-5-9-22(16)27(29)30)17(2)31-28-23-13-26(25(35-4)14-24(23)32-18(3)33-28)36-15-20-7-6-12-34(20)19-10-11-19/h5,8-9,13-14,17,19-20,27H,6-7,10-12,15H2,1-4H3,(H,31,32,33)/t17-,20+/m1/s1. The molecule has 2 atom stereocenters. The molecule has 1 aromatic heterocycles. The number of alkyl halides is 2. The molecule has 36 heavy (non-hydrogen) atoms. The van der Waals surface area contributed by atoms with Gasteiger partial charge in [0.1, 0.15) is 18.2 Å². The number of anilines is 1. The summed E-state index contributed by atoms with van der Waals surface area (Å²) in [6.45, 7) is 7.29. The van der Waals surface area contributed by atoms with Gasteiger partial charge in [0.05, 0.1) is 18.7 Å². The lowest BCUT2D eigenvalue weighted by Crippen LogP contribution is -2.35. The van der Waals surface area contributed by atoms with Gasteiger partial charge in [0.15, 0.2) is 11.5 Å². The number of hydrogen-bond acceptors (Lipinski definition) is 6. The van der Waals surface area contributed by atoms with Gasteiger partial charge in [-0.25, -0.2) is 18.7 Å². The fourth-order valence-electron chi connectivity index (χ4n) is 5.41. The minimum absolute atomic E-state index is 0.0532. The number of aryl methyl sites for hydroxylation is 1. The zero-order chi connectivity index (χ0) is 25.4. The van der Waals surface area contributed by atoms with Crippen LogP contribution < -0.4 is 14.8 Å². The van der Waals surface area contributed by atoms with E-state index in [-0.39, 0.29) is 11.6 Å². The summed E-state index contributed by atoms with van der Waals surface area (Å²) in [5, 5.41) is 4.24. The molecule has 1 saturated heterocycles. The highest BCUT2D eigenvalue weighted by molar-refractivity contribution is 5.92. The average Bonchev–Trinajstić information content (AvgIpc) is 3.59. The molecule has 1 aliphatic heterocycles. The van der Waals surface area contributed by atoms with Crippen LogP contribution in [0.5, 0.6) is 11.5 Å². The van der Waals surface area contributed by atoms with E-state index in [9.17, 15) is 8.78 Å². The van der Waals surface area contributed by atoms with Crippen LogP contribution in [0.25, 0.3) is 10.9 Å². The SMILES string of the molecule is COc1cc2nc(C)nc(N[C@H](C)c3cccc(C(F)F)c3C)c2cc1OC[C@@H]1CCCN1C1CC1. The Morgan fingerprint density at radius 1 is 1.08 bits per heavy atom. The normalized spacial score (nSPS) is 19.1. The van der Waals surface area contributed by atoms with Crippen LogP contribution in [0.3, 0.4) is 0 Å². The number of fused-ring (bicyclic) bond motifs is 1. The van der Waals surface area contributed by atoms with E-state index in [0.717, 1.165) is 35.5 Å². The van der Waals surface area contributed by atoms with Crippen LogP contribution >= 0.6 is 0 Å². The van der Waals surface area contributed by atoms with E-state index in [2.05, 4.69) is 20.2 Å². The Morgan fingerprint density at radius 3 is 2.58 bits per heavy atom. The highest BCUT2D eigenvalue weighted by atomic mass is 19.3. The van der Waals surface area contributed by atoms with Crippen LogP contribution in [-0.4, -0.2) is 47.2 Å². The van der Waals surface area contributed by atoms with Crippen LogP contribution in [0.4, 0.5) is 14.6 Å². The lowest BCUT2D eigenvalue weighted by Gasteiger charge is -2.25. The largest absolute Gasteiger partial charge is 0.493 e. The molecule has 0 spiro atoms. The third-order valence-corrected chi connectivity index (χ3v) is 7.44. The molecule has 2 aliphatic rings. The molecule has 6 nitrogen and oxygen atoms in total. The third-order valence-electron chi connectivity index (χ3n) is 7.44. The number of likely N-dealkylation sites (tertiary alicyclic amines) is 1. The van der Waals surface area contributed by atoms with Crippen molar-refractivity contribution in [2.45, 2.75) is 71.0 Å². The average molecular weight is 497 g/mol. The Labute approximate surface area is 211 Å². The highest BCUT2D eigenvalue weighted by Gasteiger charge is 2.37. The quantitative estimate of drug-likeness (QED) is 0.371. The van der Waals surface area contributed by atoms with Crippen LogP contribution in [0.1, 0.15) is 67.6 Å². The molecule has 0 unspecified atom stereocenters. The van der Waals surface area contributed by atoms with Gasteiger partial charge in [-0.2, -0.15) is 0 Å². The first-order chi connectivity index (χ1) is 17.4. The van der Waals surface area contributed by atoms with Crippen LogP contribution in [0.15, 0.2) is 30.3 Å². The third kappa shape index (κ3) is 4.96. The lowest BCUT2D eigenvalue weighted by atomic mass is 9.97. The fourth-order valence-corrected chi connectivity index (χ4v) is 5.41. The Kier molecular flexibility index (Phi) is 6.97. The minimum atomic E-state index is -2.51. The second kappa shape index (κ2) is 10.2. The van der Waals surface area contributed by atoms with Gasteiger partial charge in [-0.1, -0.05) is 18.2 Å². The second-order valence-corrected chi connectivity index (χ2v) is 9.94. The van der Waals surface area contributed by atoms with Gasteiger partial charge in [0, 0.05) is 29.1 Å². The number of ether oxygens (including phenoxy) is 2. The van der Waals surface area contributed by atoms with Crippen molar-refractivity contribution in [2.24, 2.45) is 0 Å². The summed E-state index contributed by atoms with van der Waals surface area (Å²) >= 11 is 0. The van der Waals surface area contributed by atoms with Crippen molar-refractivity contribution < 1.29 is 18.3 Å². The van der Waals surface area contributed by atoms with Gasteiger partial charge in [-0.3, -0.25) is 4.90 Å². The zero-order valence-electron chi connectivity index (χ0n) is 21.4. The maximum Gasteiger partial charge on any atom is 0.264 e. The smallest absolute Gasteiger partial charge is 0.264 e. The molecule has 192 valence electrons. The molecular formula is C28H34F2N4O2. The fraction of sp³-hybridized carbons (Fsp3) is 0.500. The van der Waals surface area contributed by atoms with Gasteiger partial charge in [0.2, 0.25) is 0 Å². The number of hydrogen-bond donors (Lipinski definition) is 1. The summed E-state index contributed by atoms with van der Waals surface area (Å²) in [4.78, 5) is 11.9. The van der Waals surface area contributed by atoms with Crippen molar-refractivity contribution in [1.29, 1.82) is 0 Å². The molecule has 0 bridgehead atoms. The van der Waals surface area contributed by atoms with E-state index < -0.39 is 6.43 Å². The molecule has 0 radical (unpaired) electrons. The first-order valence-electron chi connectivity index (χ1n) is 12.7. The number of nitrogens with one attached hydrogen (secondary N) is 1. The molecule has 0 amide bonds. The van der Waals surface area contributed by atoms with E-state index in [1.54, 1.807) is 20.1 Å². The molecule has 5 rings (SSSR count). The van der Waals surface area contributed by atoms with Gasteiger partial charge < -0.3 is 14.8 Å².